The van der Waals surface area contributed by atoms with Crippen molar-refractivity contribution >= 4 is 11.8 Å². The molecule has 96 valence electrons. The summed E-state index contributed by atoms with van der Waals surface area (Å²) in [5.74, 6) is 1.42. The van der Waals surface area contributed by atoms with Crippen LogP contribution in [-0.4, -0.2) is 15.1 Å². The number of aromatic nitrogens is 3. The Morgan fingerprint density at radius 3 is 2.89 bits per heavy atom. The van der Waals surface area contributed by atoms with E-state index in [1.807, 2.05) is 13.0 Å². The van der Waals surface area contributed by atoms with E-state index in [-0.39, 0.29) is 5.56 Å². The van der Waals surface area contributed by atoms with Crippen molar-refractivity contribution in [2.75, 3.05) is 0 Å². The average Bonchev–Trinajstić information content (AvgIpc) is 2.72. The van der Waals surface area contributed by atoms with Crippen LogP contribution in [-0.2, 0) is 12.2 Å². The Labute approximate surface area is 109 Å². The van der Waals surface area contributed by atoms with E-state index in [2.05, 4.69) is 22.0 Å². The number of aryl methyl sites for hydroxylation is 2. The van der Waals surface area contributed by atoms with Crippen molar-refractivity contribution in [3.8, 4) is 0 Å². The molecule has 0 fully saturated rings. The van der Waals surface area contributed by atoms with Crippen LogP contribution in [0.5, 0.6) is 0 Å². The molecule has 0 saturated carbocycles. The second kappa shape index (κ2) is 5.86. The molecule has 0 saturated heterocycles. The highest BCUT2D eigenvalue weighted by atomic mass is 32.2. The molecule has 0 unspecified atom stereocenters. The van der Waals surface area contributed by atoms with E-state index in [9.17, 15) is 4.79 Å². The minimum atomic E-state index is -0.104. The van der Waals surface area contributed by atoms with E-state index in [0.29, 0.717) is 10.9 Å². The fourth-order valence-electron chi connectivity index (χ4n) is 1.56. The van der Waals surface area contributed by atoms with E-state index >= 15 is 0 Å². The highest BCUT2D eigenvalue weighted by Crippen LogP contribution is 2.18. The standard InChI is InChI=1S/C12H15N3O2S/c1-3-4-9-6-11(16)14-12(13-9)18-7-10-5-8(2)17-15-10/h5-6H,3-4,7H2,1-2H3,(H,13,14,16). The molecule has 2 aromatic heterocycles. The quantitative estimate of drug-likeness (QED) is 0.663. The molecule has 2 heterocycles. The number of hydrogen-bond acceptors (Lipinski definition) is 5. The van der Waals surface area contributed by atoms with Crippen molar-refractivity contribution in [1.82, 2.24) is 15.1 Å². The fraction of sp³-hybridized carbons (Fsp3) is 0.417. The summed E-state index contributed by atoms with van der Waals surface area (Å²) in [4.78, 5) is 18.6. The van der Waals surface area contributed by atoms with E-state index in [1.54, 1.807) is 6.07 Å². The Morgan fingerprint density at radius 2 is 2.22 bits per heavy atom. The minimum absolute atomic E-state index is 0.104. The molecule has 18 heavy (non-hydrogen) atoms. The van der Waals surface area contributed by atoms with E-state index in [0.717, 1.165) is 30.0 Å². The molecular formula is C12H15N3O2S. The van der Waals surface area contributed by atoms with Crippen LogP contribution in [0.4, 0.5) is 0 Å². The molecule has 2 rings (SSSR count). The van der Waals surface area contributed by atoms with Gasteiger partial charge >= 0.3 is 0 Å². The molecule has 0 aliphatic heterocycles. The Kier molecular flexibility index (Phi) is 4.19. The first-order valence-corrected chi connectivity index (χ1v) is 6.81. The number of nitrogens with zero attached hydrogens (tertiary/aromatic N) is 2. The summed E-state index contributed by atoms with van der Waals surface area (Å²) in [6, 6.07) is 3.43. The lowest BCUT2D eigenvalue weighted by Gasteiger charge is -2.01. The molecule has 0 radical (unpaired) electrons. The minimum Gasteiger partial charge on any atom is -0.361 e. The predicted octanol–water partition coefficient (Wildman–Crippen LogP) is 2.31. The maximum absolute atomic E-state index is 11.5. The zero-order valence-electron chi connectivity index (χ0n) is 10.4. The predicted molar refractivity (Wildman–Crippen MR) is 69.7 cm³/mol. The van der Waals surface area contributed by atoms with Gasteiger partial charge in [0, 0.05) is 23.6 Å². The third-order valence-electron chi connectivity index (χ3n) is 2.31. The van der Waals surface area contributed by atoms with Crippen LogP contribution in [0.3, 0.4) is 0 Å². The van der Waals surface area contributed by atoms with Crippen molar-refractivity contribution in [2.24, 2.45) is 0 Å². The summed E-state index contributed by atoms with van der Waals surface area (Å²) in [7, 11) is 0. The van der Waals surface area contributed by atoms with Crippen LogP contribution >= 0.6 is 11.8 Å². The van der Waals surface area contributed by atoms with Crippen molar-refractivity contribution in [3.05, 3.63) is 39.6 Å². The fourth-order valence-corrected chi connectivity index (χ4v) is 2.34. The van der Waals surface area contributed by atoms with Crippen LogP contribution in [0.2, 0.25) is 0 Å². The van der Waals surface area contributed by atoms with Crippen LogP contribution < -0.4 is 5.56 Å². The van der Waals surface area contributed by atoms with Gasteiger partial charge in [-0.25, -0.2) is 4.98 Å². The van der Waals surface area contributed by atoms with E-state index < -0.39 is 0 Å². The first-order valence-electron chi connectivity index (χ1n) is 5.82. The smallest absolute Gasteiger partial charge is 0.251 e. The lowest BCUT2D eigenvalue weighted by atomic mass is 10.2. The van der Waals surface area contributed by atoms with Crippen LogP contribution in [0.25, 0.3) is 0 Å². The normalized spacial score (nSPS) is 10.8. The third-order valence-corrected chi connectivity index (χ3v) is 3.22. The maximum atomic E-state index is 11.5. The van der Waals surface area contributed by atoms with Crippen molar-refractivity contribution in [3.63, 3.8) is 0 Å². The molecular weight excluding hydrogens is 250 g/mol. The molecule has 0 aliphatic carbocycles. The molecule has 0 spiro atoms. The summed E-state index contributed by atoms with van der Waals surface area (Å²) in [5.41, 5.74) is 1.58. The van der Waals surface area contributed by atoms with Crippen LogP contribution in [0, 0.1) is 6.92 Å². The zero-order chi connectivity index (χ0) is 13.0. The van der Waals surface area contributed by atoms with Gasteiger partial charge in [-0.1, -0.05) is 30.3 Å². The summed E-state index contributed by atoms with van der Waals surface area (Å²) >= 11 is 1.45. The molecule has 0 amide bonds. The second-order valence-corrected chi connectivity index (χ2v) is 4.97. The SMILES string of the molecule is CCCc1cc(=O)[nH]c(SCc2cc(C)on2)n1. The Hall–Kier alpha value is -1.56. The third kappa shape index (κ3) is 3.46. The summed E-state index contributed by atoms with van der Waals surface area (Å²) in [6.45, 7) is 3.91. The lowest BCUT2D eigenvalue weighted by molar-refractivity contribution is 0.393. The van der Waals surface area contributed by atoms with Gasteiger partial charge in [0.2, 0.25) is 0 Å². The average molecular weight is 265 g/mol. The summed E-state index contributed by atoms with van der Waals surface area (Å²) in [5, 5.41) is 4.53. The molecule has 1 N–H and O–H groups in total. The number of H-pyrrole nitrogens is 1. The van der Waals surface area contributed by atoms with Gasteiger partial charge in [-0.05, 0) is 13.3 Å². The molecule has 0 aliphatic rings. The van der Waals surface area contributed by atoms with E-state index in [4.69, 9.17) is 4.52 Å². The van der Waals surface area contributed by atoms with Gasteiger partial charge in [-0.2, -0.15) is 0 Å². The van der Waals surface area contributed by atoms with Gasteiger partial charge in [-0.3, -0.25) is 4.79 Å². The van der Waals surface area contributed by atoms with Gasteiger partial charge < -0.3 is 9.51 Å². The first-order chi connectivity index (χ1) is 8.67. The maximum Gasteiger partial charge on any atom is 0.251 e. The number of hydrogen-bond donors (Lipinski definition) is 1. The van der Waals surface area contributed by atoms with Crippen molar-refractivity contribution in [1.29, 1.82) is 0 Å². The molecule has 0 bridgehead atoms. The van der Waals surface area contributed by atoms with E-state index in [1.165, 1.54) is 11.8 Å². The molecule has 0 atom stereocenters. The van der Waals surface area contributed by atoms with Gasteiger partial charge in [0.1, 0.15) is 5.76 Å². The van der Waals surface area contributed by atoms with Gasteiger partial charge in [0.15, 0.2) is 5.16 Å². The number of nitrogens with one attached hydrogen (secondary N) is 1. The number of aromatic amines is 1. The van der Waals surface area contributed by atoms with Crippen LogP contribution in [0.15, 0.2) is 26.6 Å². The number of rotatable bonds is 5. The summed E-state index contributed by atoms with van der Waals surface area (Å²) < 4.78 is 4.98. The second-order valence-electron chi connectivity index (χ2n) is 4.01. The number of thioether (sulfide) groups is 1. The van der Waals surface area contributed by atoms with Crippen LogP contribution in [0.1, 0.15) is 30.5 Å². The highest BCUT2D eigenvalue weighted by molar-refractivity contribution is 7.98. The molecule has 6 heteroatoms. The lowest BCUT2D eigenvalue weighted by Crippen LogP contribution is -2.09. The Morgan fingerprint density at radius 1 is 1.39 bits per heavy atom. The topological polar surface area (TPSA) is 71.8 Å². The van der Waals surface area contributed by atoms with Gasteiger partial charge in [0.05, 0.1) is 5.69 Å². The molecule has 2 aromatic rings. The Balaban J connectivity index is 2.06. The largest absolute Gasteiger partial charge is 0.361 e. The van der Waals surface area contributed by atoms with Gasteiger partial charge in [0.25, 0.3) is 5.56 Å². The monoisotopic (exact) mass is 265 g/mol. The van der Waals surface area contributed by atoms with Gasteiger partial charge in [-0.15, -0.1) is 0 Å². The molecule has 0 aromatic carbocycles. The molecule has 5 nitrogen and oxygen atoms in total. The highest BCUT2D eigenvalue weighted by Gasteiger charge is 2.05. The Bertz CT molecular complexity index is 577. The zero-order valence-corrected chi connectivity index (χ0v) is 11.2. The summed E-state index contributed by atoms with van der Waals surface area (Å²) in [6.07, 6.45) is 1.80. The first kappa shape index (κ1) is 12.9. The van der Waals surface area contributed by atoms with Crippen molar-refractivity contribution < 1.29 is 4.52 Å². The van der Waals surface area contributed by atoms with Crippen molar-refractivity contribution in [2.45, 2.75) is 37.6 Å².